The molecule has 1 saturated heterocycles. The molecule has 2 atom stereocenters. The first-order valence-corrected chi connectivity index (χ1v) is 6.90. The fraction of sp³-hybridized carbons (Fsp3) is 0.562. The van der Waals surface area contributed by atoms with E-state index in [1.807, 2.05) is 19.1 Å². The molecule has 1 aliphatic heterocycles. The zero-order valence-electron chi connectivity index (χ0n) is 11.6. The Morgan fingerprint density at radius 1 is 1.39 bits per heavy atom. The van der Waals surface area contributed by atoms with E-state index in [9.17, 15) is 4.79 Å². The second-order valence-corrected chi connectivity index (χ2v) is 5.73. The summed E-state index contributed by atoms with van der Waals surface area (Å²) >= 11 is 0. The minimum atomic E-state index is 0.277. The Kier molecular flexibility index (Phi) is 4.18. The lowest BCUT2D eigenvalue weighted by Crippen LogP contribution is -2.38. The van der Waals surface area contributed by atoms with Gasteiger partial charge in [-0.1, -0.05) is 30.7 Å². The molecule has 0 spiro atoms. The third-order valence-corrected chi connectivity index (χ3v) is 3.87. The summed E-state index contributed by atoms with van der Waals surface area (Å²) in [4.78, 5) is 12.3. The zero-order chi connectivity index (χ0) is 13.1. The van der Waals surface area contributed by atoms with Gasteiger partial charge < -0.3 is 5.32 Å². The van der Waals surface area contributed by atoms with Crippen LogP contribution in [0.2, 0.25) is 0 Å². The molecular weight excluding hydrogens is 222 g/mol. The van der Waals surface area contributed by atoms with Gasteiger partial charge in [0, 0.05) is 18.0 Å². The van der Waals surface area contributed by atoms with Crippen LogP contribution >= 0.6 is 0 Å². The number of carbonyl (C=O) groups excluding carboxylic acids is 1. The molecular formula is C16H23NO. The van der Waals surface area contributed by atoms with Crippen LogP contribution in [0.3, 0.4) is 0 Å². The largest absolute Gasteiger partial charge is 0.314 e. The lowest BCUT2D eigenvalue weighted by Gasteiger charge is -2.27. The standard InChI is InChI=1S/C16H23NO/c1-11-4-5-15(13(3)8-11)16(18)10-14-9-12(2)6-7-17-14/h4-5,8,12,14,17H,6-7,9-10H2,1-3H3. The Bertz CT molecular complexity index is 439. The van der Waals surface area contributed by atoms with Crippen LogP contribution in [-0.2, 0) is 0 Å². The van der Waals surface area contributed by atoms with Crippen LogP contribution < -0.4 is 5.32 Å². The quantitative estimate of drug-likeness (QED) is 0.828. The maximum atomic E-state index is 12.3. The summed E-state index contributed by atoms with van der Waals surface area (Å²) in [5, 5.41) is 3.46. The van der Waals surface area contributed by atoms with Gasteiger partial charge in [0.2, 0.25) is 0 Å². The molecule has 0 aliphatic carbocycles. The van der Waals surface area contributed by atoms with Gasteiger partial charge in [-0.05, 0) is 44.7 Å². The Labute approximate surface area is 110 Å². The number of ketones is 1. The molecule has 0 saturated carbocycles. The topological polar surface area (TPSA) is 29.1 Å². The second kappa shape index (κ2) is 5.66. The monoisotopic (exact) mass is 245 g/mol. The van der Waals surface area contributed by atoms with Crippen LogP contribution in [0.5, 0.6) is 0 Å². The molecule has 0 radical (unpaired) electrons. The van der Waals surface area contributed by atoms with Crippen molar-refractivity contribution in [2.75, 3.05) is 6.54 Å². The first-order chi connectivity index (χ1) is 8.56. The molecule has 2 nitrogen and oxygen atoms in total. The lowest BCUT2D eigenvalue weighted by molar-refractivity contribution is 0.0958. The van der Waals surface area contributed by atoms with Crippen molar-refractivity contribution in [3.8, 4) is 0 Å². The summed E-state index contributed by atoms with van der Waals surface area (Å²) in [6, 6.07) is 6.45. The Morgan fingerprint density at radius 3 is 2.83 bits per heavy atom. The van der Waals surface area contributed by atoms with E-state index in [-0.39, 0.29) is 5.78 Å². The molecule has 1 fully saturated rings. The van der Waals surface area contributed by atoms with E-state index in [1.54, 1.807) is 0 Å². The van der Waals surface area contributed by atoms with Crippen LogP contribution in [0.4, 0.5) is 0 Å². The van der Waals surface area contributed by atoms with Gasteiger partial charge in [-0.25, -0.2) is 0 Å². The van der Waals surface area contributed by atoms with Gasteiger partial charge in [0.1, 0.15) is 0 Å². The lowest BCUT2D eigenvalue weighted by atomic mass is 9.89. The van der Waals surface area contributed by atoms with Gasteiger partial charge in [-0.15, -0.1) is 0 Å². The highest BCUT2D eigenvalue weighted by atomic mass is 16.1. The van der Waals surface area contributed by atoms with Crippen LogP contribution in [0.1, 0.15) is 47.7 Å². The maximum absolute atomic E-state index is 12.3. The molecule has 1 aliphatic rings. The van der Waals surface area contributed by atoms with Crippen LogP contribution in [-0.4, -0.2) is 18.4 Å². The van der Waals surface area contributed by atoms with Crippen molar-refractivity contribution in [3.05, 3.63) is 34.9 Å². The number of aryl methyl sites for hydroxylation is 2. The number of Topliss-reactive ketones (excluding diaryl/α,β-unsaturated/α-hetero) is 1. The third kappa shape index (κ3) is 3.20. The molecule has 98 valence electrons. The van der Waals surface area contributed by atoms with Gasteiger partial charge in [0.15, 0.2) is 5.78 Å². The van der Waals surface area contributed by atoms with E-state index in [0.717, 1.165) is 30.0 Å². The van der Waals surface area contributed by atoms with Crippen molar-refractivity contribution in [1.29, 1.82) is 0 Å². The van der Waals surface area contributed by atoms with Gasteiger partial charge in [0.25, 0.3) is 0 Å². The first-order valence-electron chi connectivity index (χ1n) is 6.90. The number of rotatable bonds is 3. The third-order valence-electron chi connectivity index (χ3n) is 3.87. The average Bonchev–Trinajstić information content (AvgIpc) is 2.28. The van der Waals surface area contributed by atoms with E-state index in [0.29, 0.717) is 12.5 Å². The van der Waals surface area contributed by atoms with Crippen LogP contribution in [0, 0.1) is 19.8 Å². The predicted octanol–water partition coefficient (Wildman–Crippen LogP) is 3.26. The summed E-state index contributed by atoms with van der Waals surface area (Å²) < 4.78 is 0. The van der Waals surface area contributed by atoms with Crippen molar-refractivity contribution < 1.29 is 4.79 Å². The first kappa shape index (κ1) is 13.3. The van der Waals surface area contributed by atoms with Crippen molar-refractivity contribution in [2.45, 2.75) is 46.1 Å². The molecule has 2 rings (SSSR count). The number of piperidine rings is 1. The molecule has 1 aromatic rings. The van der Waals surface area contributed by atoms with E-state index in [2.05, 4.69) is 25.2 Å². The van der Waals surface area contributed by atoms with Gasteiger partial charge in [0.05, 0.1) is 0 Å². The van der Waals surface area contributed by atoms with E-state index < -0.39 is 0 Å². The summed E-state index contributed by atoms with van der Waals surface area (Å²) in [6.07, 6.45) is 2.99. The Balaban J connectivity index is 2.03. The SMILES string of the molecule is Cc1ccc(C(=O)CC2CC(C)CCN2)c(C)c1. The maximum Gasteiger partial charge on any atom is 0.164 e. The minimum Gasteiger partial charge on any atom is -0.314 e. The number of benzene rings is 1. The zero-order valence-corrected chi connectivity index (χ0v) is 11.6. The molecule has 1 heterocycles. The fourth-order valence-electron chi connectivity index (χ4n) is 2.84. The number of carbonyl (C=O) groups is 1. The summed E-state index contributed by atoms with van der Waals surface area (Å²) in [7, 11) is 0. The molecule has 1 N–H and O–H groups in total. The van der Waals surface area contributed by atoms with Crippen molar-refractivity contribution in [2.24, 2.45) is 5.92 Å². The Hall–Kier alpha value is -1.15. The predicted molar refractivity (Wildman–Crippen MR) is 75.1 cm³/mol. The number of hydrogen-bond acceptors (Lipinski definition) is 2. The van der Waals surface area contributed by atoms with Crippen molar-refractivity contribution in [1.82, 2.24) is 5.32 Å². The summed E-state index contributed by atoms with van der Waals surface area (Å²) in [5.41, 5.74) is 3.21. The molecule has 0 amide bonds. The van der Waals surface area contributed by atoms with Gasteiger partial charge in [-0.3, -0.25) is 4.79 Å². The van der Waals surface area contributed by atoms with Crippen molar-refractivity contribution in [3.63, 3.8) is 0 Å². The second-order valence-electron chi connectivity index (χ2n) is 5.73. The normalized spacial score (nSPS) is 23.9. The fourth-order valence-corrected chi connectivity index (χ4v) is 2.84. The molecule has 18 heavy (non-hydrogen) atoms. The highest BCUT2D eigenvalue weighted by Crippen LogP contribution is 2.20. The Morgan fingerprint density at radius 2 is 2.17 bits per heavy atom. The van der Waals surface area contributed by atoms with E-state index in [1.165, 1.54) is 12.0 Å². The number of hydrogen-bond donors (Lipinski definition) is 1. The van der Waals surface area contributed by atoms with Crippen molar-refractivity contribution >= 4 is 5.78 Å². The minimum absolute atomic E-state index is 0.277. The molecule has 2 unspecified atom stereocenters. The smallest absolute Gasteiger partial charge is 0.164 e. The summed E-state index contributed by atoms with van der Waals surface area (Å²) in [5.74, 6) is 1.02. The van der Waals surface area contributed by atoms with E-state index >= 15 is 0 Å². The highest BCUT2D eigenvalue weighted by Gasteiger charge is 2.21. The van der Waals surface area contributed by atoms with Gasteiger partial charge in [-0.2, -0.15) is 0 Å². The van der Waals surface area contributed by atoms with Crippen LogP contribution in [0.25, 0.3) is 0 Å². The number of nitrogens with one attached hydrogen (secondary N) is 1. The van der Waals surface area contributed by atoms with Gasteiger partial charge >= 0.3 is 0 Å². The molecule has 0 aromatic heterocycles. The highest BCUT2D eigenvalue weighted by molar-refractivity contribution is 5.97. The average molecular weight is 245 g/mol. The van der Waals surface area contributed by atoms with E-state index in [4.69, 9.17) is 0 Å². The molecule has 2 heteroatoms. The molecule has 1 aromatic carbocycles. The molecule has 0 bridgehead atoms. The summed E-state index contributed by atoms with van der Waals surface area (Å²) in [6.45, 7) is 7.41. The van der Waals surface area contributed by atoms with Crippen LogP contribution in [0.15, 0.2) is 18.2 Å².